The van der Waals surface area contributed by atoms with Gasteiger partial charge in [-0.1, -0.05) is 11.6 Å². The van der Waals surface area contributed by atoms with Crippen molar-refractivity contribution >= 4 is 23.5 Å². The molecular weight excluding hydrogens is 256 g/mol. The molecule has 0 radical (unpaired) electrons. The highest BCUT2D eigenvalue weighted by Gasteiger charge is 2.31. The van der Waals surface area contributed by atoms with E-state index in [0.717, 1.165) is 0 Å². The Hall–Kier alpha value is -1.75. The van der Waals surface area contributed by atoms with Crippen LogP contribution in [0.15, 0.2) is 24.3 Å². The Morgan fingerprint density at radius 2 is 1.78 bits per heavy atom. The summed E-state index contributed by atoms with van der Waals surface area (Å²) >= 11 is 5.75. The quantitative estimate of drug-likeness (QED) is 0.882. The van der Waals surface area contributed by atoms with Gasteiger partial charge < -0.3 is 10.1 Å². The molecule has 0 spiro atoms. The minimum Gasteiger partial charge on any atom is -0.478 e. The van der Waals surface area contributed by atoms with Crippen molar-refractivity contribution in [2.45, 2.75) is 19.4 Å². The lowest BCUT2D eigenvalue weighted by Crippen LogP contribution is -2.50. The molecule has 0 aromatic heterocycles. The van der Waals surface area contributed by atoms with Crippen LogP contribution in [0.1, 0.15) is 13.8 Å². The first-order chi connectivity index (χ1) is 8.35. The number of ether oxygens (including phenoxy) is 1. The SMILES string of the molecule is CNC(=O)NC(=O)C(C)(C)Oc1ccc(Cl)cc1. The maximum atomic E-state index is 11.8. The second kappa shape index (κ2) is 5.73. The van der Waals surface area contributed by atoms with E-state index in [2.05, 4.69) is 10.6 Å². The molecule has 1 aromatic rings. The van der Waals surface area contributed by atoms with Gasteiger partial charge in [0.1, 0.15) is 5.75 Å². The largest absolute Gasteiger partial charge is 0.478 e. The van der Waals surface area contributed by atoms with Crippen molar-refractivity contribution in [1.82, 2.24) is 10.6 Å². The van der Waals surface area contributed by atoms with Gasteiger partial charge in [0.15, 0.2) is 5.60 Å². The molecule has 0 aliphatic carbocycles. The normalized spacial score (nSPS) is 10.7. The zero-order valence-electron chi connectivity index (χ0n) is 10.4. The van der Waals surface area contributed by atoms with Gasteiger partial charge in [-0.05, 0) is 38.1 Å². The van der Waals surface area contributed by atoms with Crippen molar-refractivity contribution in [3.8, 4) is 5.75 Å². The molecule has 0 heterocycles. The van der Waals surface area contributed by atoms with Crippen LogP contribution in [0, 0.1) is 0 Å². The number of hydrogen-bond donors (Lipinski definition) is 2. The van der Waals surface area contributed by atoms with Crippen LogP contribution >= 0.6 is 11.6 Å². The minimum atomic E-state index is -1.17. The second-order valence-electron chi connectivity index (χ2n) is 4.10. The number of imide groups is 1. The van der Waals surface area contributed by atoms with Crippen LogP contribution in [0.4, 0.5) is 4.79 Å². The van der Waals surface area contributed by atoms with Crippen LogP contribution in [-0.4, -0.2) is 24.6 Å². The third-order valence-electron chi connectivity index (χ3n) is 2.19. The number of urea groups is 1. The Bertz CT molecular complexity index is 443. The summed E-state index contributed by atoms with van der Waals surface area (Å²) in [6.45, 7) is 3.14. The third-order valence-corrected chi connectivity index (χ3v) is 2.44. The molecule has 0 bridgehead atoms. The number of carbonyl (C=O) groups is 2. The summed E-state index contributed by atoms with van der Waals surface area (Å²) in [6.07, 6.45) is 0. The zero-order valence-corrected chi connectivity index (χ0v) is 11.2. The van der Waals surface area contributed by atoms with E-state index in [-0.39, 0.29) is 0 Å². The maximum Gasteiger partial charge on any atom is 0.321 e. The van der Waals surface area contributed by atoms with E-state index < -0.39 is 17.5 Å². The fourth-order valence-corrected chi connectivity index (χ4v) is 1.29. The summed E-state index contributed by atoms with van der Waals surface area (Å²) in [6, 6.07) is 6.04. The van der Waals surface area contributed by atoms with Gasteiger partial charge in [0.2, 0.25) is 0 Å². The molecule has 5 nitrogen and oxygen atoms in total. The van der Waals surface area contributed by atoms with Gasteiger partial charge in [0.25, 0.3) is 5.91 Å². The van der Waals surface area contributed by atoms with Gasteiger partial charge in [0, 0.05) is 12.1 Å². The Balaban J connectivity index is 2.71. The minimum absolute atomic E-state index is 0.497. The number of benzene rings is 1. The number of amides is 3. The summed E-state index contributed by atoms with van der Waals surface area (Å²) in [5.41, 5.74) is -1.17. The predicted octanol–water partition coefficient (Wildman–Crippen LogP) is 1.95. The molecule has 0 saturated heterocycles. The molecule has 0 fully saturated rings. The Morgan fingerprint density at radius 1 is 1.22 bits per heavy atom. The van der Waals surface area contributed by atoms with E-state index >= 15 is 0 Å². The first-order valence-corrected chi connectivity index (χ1v) is 5.70. The molecule has 18 heavy (non-hydrogen) atoms. The lowest BCUT2D eigenvalue weighted by atomic mass is 10.1. The Kier molecular flexibility index (Phi) is 4.55. The highest BCUT2D eigenvalue weighted by atomic mass is 35.5. The van der Waals surface area contributed by atoms with Crippen molar-refractivity contribution < 1.29 is 14.3 Å². The second-order valence-corrected chi connectivity index (χ2v) is 4.54. The molecule has 0 aliphatic heterocycles. The molecule has 0 saturated carbocycles. The smallest absolute Gasteiger partial charge is 0.321 e. The zero-order chi connectivity index (χ0) is 13.8. The topological polar surface area (TPSA) is 67.4 Å². The van der Waals surface area contributed by atoms with Gasteiger partial charge in [-0.25, -0.2) is 4.79 Å². The molecule has 2 N–H and O–H groups in total. The van der Waals surface area contributed by atoms with Crippen molar-refractivity contribution in [1.29, 1.82) is 0 Å². The van der Waals surface area contributed by atoms with Gasteiger partial charge in [-0.3, -0.25) is 10.1 Å². The molecule has 0 aliphatic rings. The van der Waals surface area contributed by atoms with Gasteiger partial charge in [-0.2, -0.15) is 0 Å². The number of halogens is 1. The van der Waals surface area contributed by atoms with Crippen LogP contribution in [0.5, 0.6) is 5.75 Å². The number of carbonyl (C=O) groups excluding carboxylic acids is 2. The summed E-state index contributed by atoms with van der Waals surface area (Å²) in [5.74, 6) is -0.0340. The van der Waals surface area contributed by atoms with Crippen molar-refractivity contribution in [2.75, 3.05) is 7.05 Å². The van der Waals surface area contributed by atoms with E-state index in [1.54, 1.807) is 38.1 Å². The van der Waals surface area contributed by atoms with Crippen LogP contribution in [0.25, 0.3) is 0 Å². The predicted molar refractivity (Wildman–Crippen MR) is 68.8 cm³/mol. The Labute approximate surface area is 110 Å². The molecule has 6 heteroatoms. The first-order valence-electron chi connectivity index (χ1n) is 5.33. The van der Waals surface area contributed by atoms with Crippen molar-refractivity contribution in [3.63, 3.8) is 0 Å². The monoisotopic (exact) mass is 270 g/mol. The average molecular weight is 271 g/mol. The van der Waals surface area contributed by atoms with E-state index in [1.807, 2.05) is 0 Å². The molecule has 0 atom stereocenters. The van der Waals surface area contributed by atoms with Crippen LogP contribution in [-0.2, 0) is 4.79 Å². The fourth-order valence-electron chi connectivity index (χ4n) is 1.16. The summed E-state index contributed by atoms with van der Waals surface area (Å²) < 4.78 is 5.51. The maximum absolute atomic E-state index is 11.8. The first kappa shape index (κ1) is 14.3. The fraction of sp³-hybridized carbons (Fsp3) is 0.333. The summed E-state index contributed by atoms with van der Waals surface area (Å²) in [7, 11) is 1.43. The standard InChI is InChI=1S/C12H15ClN2O3/c1-12(2,10(16)15-11(17)14-3)18-9-6-4-8(13)5-7-9/h4-7H,1-3H3,(H2,14,15,16,17). The summed E-state index contributed by atoms with van der Waals surface area (Å²) in [4.78, 5) is 22.8. The summed E-state index contributed by atoms with van der Waals surface area (Å²) in [5, 5.41) is 5.04. The molecule has 1 rings (SSSR count). The van der Waals surface area contributed by atoms with E-state index in [9.17, 15) is 9.59 Å². The molecular formula is C12H15ClN2O3. The van der Waals surface area contributed by atoms with E-state index in [1.165, 1.54) is 7.05 Å². The number of hydrogen-bond acceptors (Lipinski definition) is 3. The van der Waals surface area contributed by atoms with Gasteiger partial charge in [-0.15, -0.1) is 0 Å². The molecule has 98 valence electrons. The van der Waals surface area contributed by atoms with E-state index in [4.69, 9.17) is 16.3 Å². The average Bonchev–Trinajstić information content (AvgIpc) is 2.31. The van der Waals surface area contributed by atoms with Crippen LogP contribution < -0.4 is 15.4 Å². The lowest BCUT2D eigenvalue weighted by Gasteiger charge is -2.24. The molecule has 0 unspecified atom stereocenters. The van der Waals surface area contributed by atoms with E-state index in [0.29, 0.717) is 10.8 Å². The van der Waals surface area contributed by atoms with Crippen LogP contribution in [0.3, 0.4) is 0 Å². The highest BCUT2D eigenvalue weighted by Crippen LogP contribution is 2.20. The van der Waals surface area contributed by atoms with Gasteiger partial charge >= 0.3 is 6.03 Å². The molecule has 3 amide bonds. The Morgan fingerprint density at radius 3 is 2.28 bits per heavy atom. The lowest BCUT2D eigenvalue weighted by molar-refractivity contribution is -0.132. The van der Waals surface area contributed by atoms with Crippen molar-refractivity contribution in [3.05, 3.63) is 29.3 Å². The molecule has 1 aromatic carbocycles. The van der Waals surface area contributed by atoms with Crippen molar-refractivity contribution in [2.24, 2.45) is 0 Å². The number of nitrogens with one attached hydrogen (secondary N) is 2. The highest BCUT2D eigenvalue weighted by molar-refractivity contribution is 6.30. The third kappa shape index (κ3) is 3.92. The van der Waals surface area contributed by atoms with Gasteiger partial charge in [0.05, 0.1) is 0 Å². The number of rotatable bonds is 3. The van der Waals surface area contributed by atoms with Crippen LogP contribution in [0.2, 0.25) is 5.02 Å².